The van der Waals surface area contributed by atoms with Gasteiger partial charge in [0.15, 0.2) is 5.78 Å². The normalized spacial score (nSPS) is 12.7. The molecule has 0 unspecified atom stereocenters. The molecule has 0 amide bonds. The zero-order valence-electron chi connectivity index (χ0n) is 19.2. The standard InChI is InChI=1S/C30H16N2O5/c33-28-15-26-22-13-18(31(34)35)9-10-19(22)25-14-27(32(36)37)23-11-16-5-1-2-6-17(16)12-24(23)30(25)29(26)21-8-4-3-7-20(21)28/h1-14H,15H2. The van der Waals surface area contributed by atoms with E-state index in [1.165, 1.54) is 12.1 Å². The summed E-state index contributed by atoms with van der Waals surface area (Å²) in [7, 11) is 0. The van der Waals surface area contributed by atoms with Gasteiger partial charge in [0.1, 0.15) is 0 Å². The van der Waals surface area contributed by atoms with Crippen LogP contribution in [-0.4, -0.2) is 15.6 Å². The van der Waals surface area contributed by atoms with E-state index in [4.69, 9.17) is 0 Å². The fraction of sp³-hybridized carbons (Fsp3) is 0.0333. The van der Waals surface area contributed by atoms with E-state index in [0.717, 1.165) is 27.3 Å². The Balaban J connectivity index is 1.81. The molecule has 0 spiro atoms. The first kappa shape index (κ1) is 21.1. The van der Waals surface area contributed by atoms with Crippen LogP contribution in [0.5, 0.6) is 0 Å². The molecule has 0 fully saturated rings. The van der Waals surface area contributed by atoms with Gasteiger partial charge in [-0.2, -0.15) is 0 Å². The van der Waals surface area contributed by atoms with Crippen molar-refractivity contribution in [3.63, 3.8) is 0 Å². The molecule has 6 aromatic carbocycles. The summed E-state index contributed by atoms with van der Waals surface area (Å²) < 4.78 is 0. The first-order valence-corrected chi connectivity index (χ1v) is 11.7. The maximum atomic E-state index is 13.2. The van der Waals surface area contributed by atoms with Crippen molar-refractivity contribution >= 4 is 60.2 Å². The second-order valence-corrected chi connectivity index (χ2v) is 9.31. The maximum absolute atomic E-state index is 13.2. The highest BCUT2D eigenvalue weighted by Gasteiger charge is 2.30. The number of nitro benzene ring substituents is 2. The lowest BCUT2D eigenvalue weighted by atomic mass is 9.78. The smallest absolute Gasteiger partial charge is 0.277 e. The van der Waals surface area contributed by atoms with E-state index in [2.05, 4.69) is 0 Å². The highest BCUT2D eigenvalue weighted by molar-refractivity contribution is 6.30. The number of carbonyl (C=O) groups excluding carboxylic acids is 1. The minimum atomic E-state index is -0.469. The van der Waals surface area contributed by atoms with Crippen LogP contribution in [-0.2, 0) is 6.42 Å². The molecule has 7 nitrogen and oxygen atoms in total. The van der Waals surface area contributed by atoms with Gasteiger partial charge < -0.3 is 0 Å². The fourth-order valence-corrected chi connectivity index (χ4v) is 5.82. The van der Waals surface area contributed by atoms with E-state index in [9.17, 15) is 25.0 Å². The minimum absolute atomic E-state index is 0.0342. The van der Waals surface area contributed by atoms with Crippen LogP contribution in [0.2, 0.25) is 0 Å². The van der Waals surface area contributed by atoms with Crippen LogP contribution in [0.3, 0.4) is 0 Å². The van der Waals surface area contributed by atoms with Crippen LogP contribution in [0.1, 0.15) is 15.9 Å². The average molecular weight is 484 g/mol. The molecule has 0 aromatic heterocycles. The van der Waals surface area contributed by atoms with Gasteiger partial charge in [-0.15, -0.1) is 0 Å². The van der Waals surface area contributed by atoms with Crippen molar-refractivity contribution in [2.75, 3.05) is 0 Å². The molecule has 0 bridgehead atoms. The summed E-state index contributed by atoms with van der Waals surface area (Å²) in [5.41, 5.74) is 2.69. The van der Waals surface area contributed by atoms with Crippen molar-refractivity contribution in [3.8, 4) is 11.1 Å². The van der Waals surface area contributed by atoms with Crippen molar-refractivity contribution in [2.24, 2.45) is 0 Å². The third-order valence-electron chi connectivity index (χ3n) is 7.39. The lowest BCUT2D eigenvalue weighted by molar-refractivity contribution is -0.384. The van der Waals surface area contributed by atoms with Gasteiger partial charge in [-0.1, -0.05) is 48.5 Å². The molecule has 6 aromatic rings. The van der Waals surface area contributed by atoms with Gasteiger partial charge in [-0.25, -0.2) is 0 Å². The average Bonchev–Trinajstić information content (AvgIpc) is 2.91. The third kappa shape index (κ3) is 2.91. The SMILES string of the molecule is O=C1Cc2c(c3c4cc5ccccc5cc4c([N+](=O)[O-])cc3c3ccc([N+](=O)[O-])cc23)-c2ccccc21. The van der Waals surface area contributed by atoms with Gasteiger partial charge in [0, 0.05) is 30.2 Å². The summed E-state index contributed by atoms with van der Waals surface area (Å²) in [5, 5.41) is 29.6. The molecule has 7 heteroatoms. The Hall–Kier alpha value is -5.17. The number of Topliss-reactive ketones (excluding diaryl/α,β-unsaturated/α-hetero) is 1. The Kier molecular flexibility index (Phi) is 4.24. The van der Waals surface area contributed by atoms with E-state index in [1.54, 1.807) is 18.2 Å². The summed E-state index contributed by atoms with van der Waals surface area (Å²) in [4.78, 5) is 36.3. The predicted molar refractivity (Wildman–Crippen MR) is 143 cm³/mol. The van der Waals surface area contributed by atoms with Crippen LogP contribution in [0.25, 0.3) is 54.2 Å². The van der Waals surface area contributed by atoms with Crippen molar-refractivity contribution in [3.05, 3.63) is 116 Å². The molecular formula is C30H16N2O5. The van der Waals surface area contributed by atoms with Crippen LogP contribution in [0.4, 0.5) is 11.4 Å². The molecule has 0 saturated heterocycles. The highest BCUT2D eigenvalue weighted by Crippen LogP contribution is 2.48. The molecule has 1 aliphatic carbocycles. The van der Waals surface area contributed by atoms with E-state index < -0.39 is 4.92 Å². The van der Waals surface area contributed by atoms with Gasteiger partial charge in [-0.05, 0) is 72.6 Å². The zero-order valence-corrected chi connectivity index (χ0v) is 19.2. The molecule has 176 valence electrons. The number of rotatable bonds is 2. The monoisotopic (exact) mass is 484 g/mol. The minimum Gasteiger partial charge on any atom is -0.294 e. The lowest BCUT2D eigenvalue weighted by Gasteiger charge is -2.24. The third-order valence-corrected chi connectivity index (χ3v) is 7.39. The first-order chi connectivity index (χ1) is 17.9. The Bertz CT molecular complexity index is 2040. The maximum Gasteiger partial charge on any atom is 0.277 e. The zero-order chi connectivity index (χ0) is 25.4. The molecule has 1 aliphatic rings. The number of fused-ring (bicyclic) bond motifs is 11. The van der Waals surface area contributed by atoms with E-state index in [1.807, 2.05) is 54.6 Å². The number of nitro groups is 2. The highest BCUT2D eigenvalue weighted by atomic mass is 16.6. The number of hydrogen-bond donors (Lipinski definition) is 0. The largest absolute Gasteiger partial charge is 0.294 e. The quantitative estimate of drug-likeness (QED) is 0.109. The fourth-order valence-electron chi connectivity index (χ4n) is 5.82. The Labute approximate surface area is 208 Å². The van der Waals surface area contributed by atoms with Crippen molar-refractivity contribution in [2.45, 2.75) is 6.42 Å². The molecule has 0 aliphatic heterocycles. The van der Waals surface area contributed by atoms with Gasteiger partial charge in [0.2, 0.25) is 0 Å². The van der Waals surface area contributed by atoms with Crippen LogP contribution in [0, 0.1) is 20.2 Å². The van der Waals surface area contributed by atoms with Gasteiger partial charge in [0.25, 0.3) is 11.4 Å². The van der Waals surface area contributed by atoms with E-state index >= 15 is 0 Å². The molecule has 0 heterocycles. The topological polar surface area (TPSA) is 103 Å². The van der Waals surface area contributed by atoms with Crippen LogP contribution in [0.15, 0.2) is 84.9 Å². The summed E-state index contributed by atoms with van der Waals surface area (Å²) in [5.74, 6) is -0.0630. The number of non-ortho nitro benzene ring substituents is 2. The Morgan fingerprint density at radius 1 is 0.622 bits per heavy atom. The van der Waals surface area contributed by atoms with E-state index in [-0.39, 0.29) is 28.5 Å². The number of carbonyl (C=O) groups is 1. The summed E-state index contributed by atoms with van der Waals surface area (Å²) >= 11 is 0. The Morgan fingerprint density at radius 3 is 1.97 bits per heavy atom. The molecule has 7 rings (SSSR count). The van der Waals surface area contributed by atoms with Gasteiger partial charge in [0.05, 0.1) is 15.2 Å². The second-order valence-electron chi connectivity index (χ2n) is 9.31. The van der Waals surface area contributed by atoms with Crippen molar-refractivity contribution < 1.29 is 14.6 Å². The van der Waals surface area contributed by atoms with E-state index in [0.29, 0.717) is 38.1 Å². The second kappa shape index (κ2) is 7.41. The number of hydrogen-bond acceptors (Lipinski definition) is 5. The molecular weight excluding hydrogens is 468 g/mol. The summed E-state index contributed by atoms with van der Waals surface area (Å²) in [6, 6.07) is 24.9. The van der Waals surface area contributed by atoms with Crippen molar-refractivity contribution in [1.29, 1.82) is 0 Å². The number of benzene rings is 6. The molecule has 37 heavy (non-hydrogen) atoms. The molecule has 0 radical (unpaired) electrons. The molecule has 0 atom stereocenters. The molecule has 0 N–H and O–H groups in total. The summed E-state index contributed by atoms with van der Waals surface area (Å²) in [6.07, 6.45) is 0.0893. The predicted octanol–water partition coefficient (Wildman–Crippen LogP) is 7.52. The van der Waals surface area contributed by atoms with Crippen LogP contribution >= 0.6 is 0 Å². The first-order valence-electron chi connectivity index (χ1n) is 11.7. The lowest BCUT2D eigenvalue weighted by Crippen LogP contribution is -2.13. The number of ketones is 1. The van der Waals surface area contributed by atoms with Gasteiger partial charge in [-0.3, -0.25) is 25.0 Å². The molecule has 0 saturated carbocycles. The van der Waals surface area contributed by atoms with Crippen molar-refractivity contribution in [1.82, 2.24) is 0 Å². The summed E-state index contributed by atoms with van der Waals surface area (Å²) in [6.45, 7) is 0. The van der Waals surface area contributed by atoms with Gasteiger partial charge >= 0.3 is 0 Å². The Morgan fingerprint density at radius 2 is 1.27 bits per heavy atom. The van der Waals surface area contributed by atoms with Crippen LogP contribution < -0.4 is 0 Å². The number of nitrogens with zero attached hydrogens (tertiary/aromatic N) is 2.